The summed E-state index contributed by atoms with van der Waals surface area (Å²) >= 11 is 0. The standard InChI is InChI=1S/C16H17FN2O2/c1-11-6-5-9-13(14(11)17)21-10-16(19,15(18)20)12-7-3-2-4-8-12/h2-9H,10,19H2,1H3,(H2,18,20). The summed E-state index contributed by atoms with van der Waals surface area (Å²) in [6.45, 7) is 1.38. The molecule has 0 radical (unpaired) electrons. The molecule has 2 aromatic rings. The van der Waals surface area contributed by atoms with Gasteiger partial charge in [0.05, 0.1) is 0 Å². The number of rotatable bonds is 5. The molecule has 4 N–H and O–H groups in total. The van der Waals surface area contributed by atoms with E-state index >= 15 is 0 Å². The van der Waals surface area contributed by atoms with Crippen molar-refractivity contribution in [2.45, 2.75) is 12.5 Å². The van der Waals surface area contributed by atoms with Gasteiger partial charge in [-0.25, -0.2) is 4.39 Å². The molecule has 2 aromatic carbocycles. The Labute approximate surface area is 122 Å². The van der Waals surface area contributed by atoms with Gasteiger partial charge in [-0.2, -0.15) is 0 Å². The topological polar surface area (TPSA) is 78.3 Å². The van der Waals surface area contributed by atoms with Gasteiger partial charge in [-0.15, -0.1) is 0 Å². The van der Waals surface area contributed by atoms with Crippen LogP contribution in [0.2, 0.25) is 0 Å². The van der Waals surface area contributed by atoms with Crippen LogP contribution in [-0.4, -0.2) is 12.5 Å². The van der Waals surface area contributed by atoms with E-state index in [2.05, 4.69) is 0 Å². The zero-order valence-corrected chi connectivity index (χ0v) is 11.7. The SMILES string of the molecule is Cc1cccc(OCC(N)(C(N)=O)c2ccccc2)c1F. The highest BCUT2D eigenvalue weighted by Crippen LogP contribution is 2.23. The number of carbonyl (C=O) groups is 1. The van der Waals surface area contributed by atoms with Gasteiger partial charge in [-0.3, -0.25) is 4.79 Å². The molecule has 0 bridgehead atoms. The molecule has 0 aliphatic heterocycles. The number of benzene rings is 2. The average molecular weight is 288 g/mol. The van der Waals surface area contributed by atoms with E-state index in [1.807, 2.05) is 0 Å². The maximum atomic E-state index is 13.9. The Morgan fingerprint density at radius 3 is 2.48 bits per heavy atom. The number of nitrogens with two attached hydrogens (primary N) is 2. The van der Waals surface area contributed by atoms with Crippen LogP contribution in [0.5, 0.6) is 5.75 Å². The van der Waals surface area contributed by atoms with Crippen molar-refractivity contribution < 1.29 is 13.9 Å². The molecular weight excluding hydrogens is 271 g/mol. The molecule has 4 nitrogen and oxygen atoms in total. The number of aryl methyl sites for hydroxylation is 1. The lowest BCUT2D eigenvalue weighted by atomic mass is 9.91. The highest BCUT2D eigenvalue weighted by Gasteiger charge is 2.35. The van der Waals surface area contributed by atoms with Crippen molar-refractivity contribution in [3.63, 3.8) is 0 Å². The predicted octanol–water partition coefficient (Wildman–Crippen LogP) is 1.85. The fourth-order valence-corrected chi connectivity index (χ4v) is 1.96. The van der Waals surface area contributed by atoms with E-state index < -0.39 is 17.3 Å². The minimum absolute atomic E-state index is 0.0435. The minimum Gasteiger partial charge on any atom is -0.488 e. The molecule has 0 heterocycles. The molecule has 0 fully saturated rings. The molecule has 1 amide bonds. The zero-order valence-electron chi connectivity index (χ0n) is 11.7. The van der Waals surface area contributed by atoms with E-state index in [1.165, 1.54) is 6.07 Å². The molecule has 2 rings (SSSR count). The van der Waals surface area contributed by atoms with Crippen LogP contribution in [0.3, 0.4) is 0 Å². The fourth-order valence-electron chi connectivity index (χ4n) is 1.96. The Hall–Kier alpha value is -2.40. The summed E-state index contributed by atoms with van der Waals surface area (Å²) in [6, 6.07) is 13.4. The first-order valence-corrected chi connectivity index (χ1v) is 6.47. The summed E-state index contributed by atoms with van der Waals surface area (Å²) in [7, 11) is 0. The number of halogens is 1. The Morgan fingerprint density at radius 2 is 1.86 bits per heavy atom. The molecule has 0 spiro atoms. The van der Waals surface area contributed by atoms with E-state index in [-0.39, 0.29) is 12.4 Å². The third-order valence-electron chi connectivity index (χ3n) is 3.34. The van der Waals surface area contributed by atoms with E-state index in [0.717, 1.165) is 0 Å². The molecule has 110 valence electrons. The van der Waals surface area contributed by atoms with Gasteiger partial charge in [-0.1, -0.05) is 42.5 Å². The van der Waals surface area contributed by atoms with Gasteiger partial charge >= 0.3 is 0 Å². The largest absolute Gasteiger partial charge is 0.488 e. The summed E-state index contributed by atoms with van der Waals surface area (Å²) < 4.78 is 19.3. The van der Waals surface area contributed by atoms with Gasteiger partial charge in [0.1, 0.15) is 6.61 Å². The van der Waals surface area contributed by atoms with Crippen LogP contribution in [0, 0.1) is 12.7 Å². The molecule has 0 aliphatic rings. The zero-order chi connectivity index (χ0) is 15.5. The Balaban J connectivity index is 2.26. The van der Waals surface area contributed by atoms with Gasteiger partial charge in [0, 0.05) is 0 Å². The van der Waals surface area contributed by atoms with E-state index in [9.17, 15) is 9.18 Å². The molecule has 0 aromatic heterocycles. The quantitative estimate of drug-likeness (QED) is 0.881. The summed E-state index contributed by atoms with van der Waals surface area (Å²) in [4.78, 5) is 11.7. The van der Waals surface area contributed by atoms with Gasteiger partial charge in [0.25, 0.3) is 0 Å². The molecule has 0 saturated carbocycles. The maximum absolute atomic E-state index is 13.9. The first-order chi connectivity index (χ1) is 9.95. The molecule has 21 heavy (non-hydrogen) atoms. The first kappa shape index (κ1) is 15.0. The van der Waals surface area contributed by atoms with Gasteiger partial charge in [0.15, 0.2) is 17.1 Å². The van der Waals surface area contributed by atoms with Crippen LogP contribution in [-0.2, 0) is 10.3 Å². The van der Waals surface area contributed by atoms with Crippen molar-refractivity contribution in [3.05, 3.63) is 65.5 Å². The summed E-state index contributed by atoms with van der Waals surface area (Å²) in [5.74, 6) is -1.17. The molecular formula is C16H17FN2O2. The first-order valence-electron chi connectivity index (χ1n) is 6.47. The monoisotopic (exact) mass is 288 g/mol. The average Bonchev–Trinajstić information content (AvgIpc) is 2.49. The second-order valence-corrected chi connectivity index (χ2v) is 4.88. The number of amides is 1. The minimum atomic E-state index is -1.52. The van der Waals surface area contributed by atoms with Gasteiger partial charge in [0.2, 0.25) is 5.91 Å². The number of ether oxygens (including phenoxy) is 1. The molecule has 5 heteroatoms. The molecule has 1 unspecified atom stereocenters. The summed E-state index contributed by atoms with van der Waals surface area (Å²) in [6.07, 6.45) is 0. The third-order valence-corrected chi connectivity index (χ3v) is 3.34. The third kappa shape index (κ3) is 3.03. The van der Waals surface area contributed by atoms with Crippen LogP contribution < -0.4 is 16.2 Å². The predicted molar refractivity (Wildman–Crippen MR) is 78.1 cm³/mol. The van der Waals surface area contributed by atoms with Crippen molar-refractivity contribution in [2.75, 3.05) is 6.61 Å². The van der Waals surface area contributed by atoms with Crippen molar-refractivity contribution in [1.82, 2.24) is 0 Å². The van der Waals surface area contributed by atoms with E-state index in [1.54, 1.807) is 49.4 Å². The second kappa shape index (κ2) is 5.93. The lowest BCUT2D eigenvalue weighted by molar-refractivity contribution is -0.124. The Bertz CT molecular complexity index is 646. The number of hydrogen-bond donors (Lipinski definition) is 2. The normalized spacial score (nSPS) is 13.5. The summed E-state index contributed by atoms with van der Waals surface area (Å²) in [5, 5.41) is 0. The van der Waals surface area contributed by atoms with Gasteiger partial charge in [-0.05, 0) is 24.1 Å². The van der Waals surface area contributed by atoms with Crippen molar-refractivity contribution >= 4 is 5.91 Å². The lowest BCUT2D eigenvalue weighted by Crippen LogP contribution is -2.53. The van der Waals surface area contributed by atoms with Crippen LogP contribution >= 0.6 is 0 Å². The van der Waals surface area contributed by atoms with Crippen LogP contribution in [0.25, 0.3) is 0 Å². The fraction of sp³-hybridized carbons (Fsp3) is 0.188. The molecule has 1 atom stereocenters. The lowest BCUT2D eigenvalue weighted by Gasteiger charge is -2.26. The van der Waals surface area contributed by atoms with Crippen molar-refractivity contribution in [1.29, 1.82) is 0 Å². The van der Waals surface area contributed by atoms with E-state index in [4.69, 9.17) is 16.2 Å². The maximum Gasteiger partial charge on any atom is 0.245 e. The van der Waals surface area contributed by atoms with Crippen molar-refractivity contribution in [2.24, 2.45) is 11.5 Å². The van der Waals surface area contributed by atoms with Crippen LogP contribution in [0.4, 0.5) is 4.39 Å². The number of hydrogen-bond acceptors (Lipinski definition) is 3. The van der Waals surface area contributed by atoms with Crippen LogP contribution in [0.1, 0.15) is 11.1 Å². The smallest absolute Gasteiger partial charge is 0.245 e. The molecule has 0 aliphatic carbocycles. The second-order valence-electron chi connectivity index (χ2n) is 4.88. The highest BCUT2D eigenvalue weighted by atomic mass is 19.1. The van der Waals surface area contributed by atoms with Crippen LogP contribution in [0.15, 0.2) is 48.5 Å². The van der Waals surface area contributed by atoms with Crippen molar-refractivity contribution in [3.8, 4) is 5.75 Å². The number of primary amides is 1. The Kier molecular flexibility index (Phi) is 4.23. The summed E-state index contributed by atoms with van der Waals surface area (Å²) in [5.41, 5.74) is 10.9. The Morgan fingerprint density at radius 1 is 1.19 bits per heavy atom. The highest BCUT2D eigenvalue weighted by molar-refractivity contribution is 5.86. The van der Waals surface area contributed by atoms with Gasteiger partial charge < -0.3 is 16.2 Å². The number of carbonyl (C=O) groups excluding carboxylic acids is 1. The molecule has 0 saturated heterocycles. The van der Waals surface area contributed by atoms with E-state index in [0.29, 0.717) is 11.1 Å².